The summed E-state index contributed by atoms with van der Waals surface area (Å²) in [7, 11) is 0. The minimum atomic E-state index is -1.55. The Kier molecular flexibility index (Phi) is 6.14. The molecule has 0 radical (unpaired) electrons. The first-order valence-corrected chi connectivity index (χ1v) is 12.5. The van der Waals surface area contributed by atoms with Gasteiger partial charge in [-0.05, 0) is 116 Å². The molecule has 6 aromatic carbocycles. The van der Waals surface area contributed by atoms with Gasteiger partial charge in [-0.1, -0.05) is 48.5 Å². The topological polar surface area (TPSA) is 0 Å². The Balaban J connectivity index is 1.76. The van der Waals surface area contributed by atoms with E-state index in [9.17, 15) is 26.3 Å². The minimum Gasteiger partial charge on any atom is -0.204 e. The lowest BCUT2D eigenvalue weighted by atomic mass is 9.82. The van der Waals surface area contributed by atoms with Crippen LogP contribution in [0.15, 0.2) is 84.9 Å². The summed E-state index contributed by atoms with van der Waals surface area (Å²) < 4.78 is 84.8. The molecule has 0 aliphatic heterocycles. The lowest BCUT2D eigenvalue weighted by molar-refractivity contribution is 0.447. The molecule has 0 unspecified atom stereocenters. The smallest absolute Gasteiger partial charge is 0.194 e. The number of rotatable bonds is 3. The normalized spacial score (nSPS) is 11.5. The van der Waals surface area contributed by atoms with E-state index in [0.29, 0.717) is 22.3 Å². The van der Waals surface area contributed by atoms with Crippen LogP contribution in [-0.4, -0.2) is 0 Å². The average molecular weight is 543 g/mol. The van der Waals surface area contributed by atoms with Crippen LogP contribution in [0.4, 0.5) is 26.3 Å². The van der Waals surface area contributed by atoms with Gasteiger partial charge in [-0.3, -0.25) is 0 Å². The van der Waals surface area contributed by atoms with Crippen molar-refractivity contribution in [2.24, 2.45) is 0 Å². The summed E-state index contributed by atoms with van der Waals surface area (Å²) in [6.07, 6.45) is 0. The maximum Gasteiger partial charge on any atom is 0.194 e. The molecule has 0 heterocycles. The Morgan fingerprint density at radius 3 is 1.10 bits per heavy atom. The molecule has 6 heteroatoms. The van der Waals surface area contributed by atoms with E-state index in [0.717, 1.165) is 56.9 Å². The number of hydrogen-bond donors (Lipinski definition) is 0. The zero-order valence-electron chi connectivity index (χ0n) is 21.4. The predicted octanol–water partition coefficient (Wildman–Crippen LogP) is 10.4. The van der Waals surface area contributed by atoms with E-state index in [1.54, 1.807) is 12.1 Å². The lowest BCUT2D eigenvalue weighted by Gasteiger charge is -2.22. The van der Waals surface area contributed by atoms with Crippen LogP contribution in [0.5, 0.6) is 0 Å². The summed E-state index contributed by atoms with van der Waals surface area (Å²) in [5.41, 5.74) is 4.17. The zero-order chi connectivity index (χ0) is 28.3. The van der Waals surface area contributed by atoms with E-state index >= 15 is 0 Å². The van der Waals surface area contributed by atoms with Crippen LogP contribution in [0.1, 0.15) is 11.1 Å². The van der Waals surface area contributed by atoms with E-state index in [2.05, 4.69) is 0 Å². The quantitative estimate of drug-likeness (QED) is 0.154. The Morgan fingerprint density at radius 2 is 0.750 bits per heavy atom. The molecule has 6 aromatic rings. The number of fused-ring (bicyclic) bond motifs is 2. The third kappa shape index (κ3) is 4.02. The van der Waals surface area contributed by atoms with E-state index in [1.165, 1.54) is 0 Å². The Morgan fingerprint density at radius 1 is 0.425 bits per heavy atom. The molecule has 0 nitrogen and oxygen atoms in total. The summed E-state index contributed by atoms with van der Waals surface area (Å²) >= 11 is 0. The highest BCUT2D eigenvalue weighted by Gasteiger charge is 2.22. The maximum absolute atomic E-state index is 14.3. The summed E-state index contributed by atoms with van der Waals surface area (Å²) in [6, 6.07) is 22.4. The van der Waals surface area contributed by atoms with E-state index < -0.39 is 34.9 Å². The van der Waals surface area contributed by atoms with Crippen LogP contribution < -0.4 is 0 Å². The lowest BCUT2D eigenvalue weighted by Crippen LogP contribution is -1.99. The van der Waals surface area contributed by atoms with Gasteiger partial charge in [0.1, 0.15) is 0 Å². The van der Waals surface area contributed by atoms with Gasteiger partial charge >= 0.3 is 0 Å². The summed E-state index contributed by atoms with van der Waals surface area (Å²) in [4.78, 5) is 0. The first kappa shape index (κ1) is 25.7. The van der Waals surface area contributed by atoms with Crippen LogP contribution in [0.2, 0.25) is 0 Å². The second-order valence-corrected chi connectivity index (χ2v) is 9.80. The Hall–Kier alpha value is -4.58. The molecule has 0 saturated carbocycles. The van der Waals surface area contributed by atoms with Gasteiger partial charge in [0, 0.05) is 0 Å². The zero-order valence-corrected chi connectivity index (χ0v) is 21.4. The fourth-order valence-electron chi connectivity index (χ4n) is 5.57. The van der Waals surface area contributed by atoms with Crippen molar-refractivity contribution in [3.05, 3.63) is 131 Å². The molecule has 6 rings (SSSR count). The minimum absolute atomic E-state index is 0.168. The van der Waals surface area contributed by atoms with Crippen LogP contribution in [0.25, 0.3) is 54.9 Å². The van der Waals surface area contributed by atoms with Gasteiger partial charge < -0.3 is 0 Å². The summed E-state index contributed by atoms with van der Waals surface area (Å²) in [5.74, 6) is -8.28. The van der Waals surface area contributed by atoms with Gasteiger partial charge in [0.2, 0.25) is 0 Å². The fraction of sp³-hybridized carbons (Fsp3) is 0.0588. The van der Waals surface area contributed by atoms with Gasteiger partial charge in [-0.2, -0.15) is 0 Å². The van der Waals surface area contributed by atoms with Crippen molar-refractivity contribution in [1.82, 2.24) is 0 Å². The molecule has 0 amide bonds. The first-order chi connectivity index (χ1) is 19.2. The molecule has 0 spiro atoms. The average Bonchev–Trinajstić information content (AvgIpc) is 2.94. The van der Waals surface area contributed by atoms with Crippen molar-refractivity contribution in [2.75, 3.05) is 0 Å². The summed E-state index contributed by atoms with van der Waals surface area (Å²) in [5, 5.41) is 3.23. The SMILES string of the molecule is Cc1c(-c2cc(F)c(F)c(F)c2)cc2ccccc2c1-c1c(C)c(-c2cc(F)c(F)c(F)c2)cc2ccccc12. The monoisotopic (exact) mass is 542 g/mol. The molecule has 40 heavy (non-hydrogen) atoms. The molecule has 0 aliphatic rings. The molecule has 0 bridgehead atoms. The molecule has 198 valence electrons. The predicted molar refractivity (Wildman–Crippen MR) is 147 cm³/mol. The Labute approximate surface area is 226 Å². The highest BCUT2D eigenvalue weighted by atomic mass is 19.2. The molecule has 0 saturated heterocycles. The van der Waals surface area contributed by atoms with E-state index in [-0.39, 0.29) is 11.1 Å². The van der Waals surface area contributed by atoms with Crippen molar-refractivity contribution in [1.29, 1.82) is 0 Å². The van der Waals surface area contributed by atoms with E-state index in [1.807, 2.05) is 62.4 Å². The fourth-order valence-corrected chi connectivity index (χ4v) is 5.57. The third-order valence-corrected chi connectivity index (χ3v) is 7.46. The van der Waals surface area contributed by atoms with E-state index in [4.69, 9.17) is 0 Å². The van der Waals surface area contributed by atoms with Crippen molar-refractivity contribution in [3.8, 4) is 33.4 Å². The van der Waals surface area contributed by atoms with Gasteiger partial charge in [0.25, 0.3) is 0 Å². The second-order valence-electron chi connectivity index (χ2n) is 9.80. The standard InChI is InChI=1S/C34H20F6/c1-17-25(21-13-27(35)33(39)28(36)14-21)11-19-7-3-5-9-23(19)31(17)32-18(2)26(12-20-8-4-6-10-24(20)32)22-15-29(37)34(40)30(38)16-22/h3-16H,1-2H3. The first-order valence-electron chi connectivity index (χ1n) is 12.5. The van der Waals surface area contributed by atoms with Gasteiger partial charge in [-0.15, -0.1) is 0 Å². The molecule has 0 N–H and O–H groups in total. The molecular formula is C34H20F6. The highest BCUT2D eigenvalue weighted by molar-refractivity contribution is 6.11. The molecule has 0 aromatic heterocycles. The van der Waals surface area contributed by atoms with Crippen molar-refractivity contribution < 1.29 is 26.3 Å². The maximum atomic E-state index is 14.3. The number of halogens is 6. The largest absolute Gasteiger partial charge is 0.204 e. The van der Waals surface area contributed by atoms with Crippen LogP contribution in [-0.2, 0) is 0 Å². The van der Waals surface area contributed by atoms with Gasteiger partial charge in [0.05, 0.1) is 0 Å². The summed E-state index contributed by atoms with van der Waals surface area (Å²) in [6.45, 7) is 3.63. The second kappa shape index (κ2) is 9.56. The molecular weight excluding hydrogens is 522 g/mol. The molecule has 0 atom stereocenters. The van der Waals surface area contributed by atoms with Crippen LogP contribution >= 0.6 is 0 Å². The Bertz CT molecular complexity index is 1800. The number of hydrogen-bond acceptors (Lipinski definition) is 0. The third-order valence-electron chi connectivity index (χ3n) is 7.46. The number of benzene rings is 6. The highest BCUT2D eigenvalue weighted by Crippen LogP contribution is 2.45. The van der Waals surface area contributed by atoms with Crippen molar-refractivity contribution >= 4 is 21.5 Å². The van der Waals surface area contributed by atoms with Crippen molar-refractivity contribution in [2.45, 2.75) is 13.8 Å². The molecule has 0 fully saturated rings. The van der Waals surface area contributed by atoms with Gasteiger partial charge in [0.15, 0.2) is 34.9 Å². The van der Waals surface area contributed by atoms with Crippen LogP contribution in [0, 0.1) is 48.8 Å². The van der Waals surface area contributed by atoms with Gasteiger partial charge in [-0.25, -0.2) is 26.3 Å². The van der Waals surface area contributed by atoms with Crippen LogP contribution in [0.3, 0.4) is 0 Å². The molecule has 0 aliphatic carbocycles. The van der Waals surface area contributed by atoms with Crippen molar-refractivity contribution in [3.63, 3.8) is 0 Å².